The number of rotatable bonds is 5. The summed E-state index contributed by atoms with van der Waals surface area (Å²) >= 11 is 5.14. The lowest BCUT2D eigenvalue weighted by molar-refractivity contribution is 0.182. The molecule has 0 aromatic heterocycles. The Kier molecular flexibility index (Phi) is 4.12. The predicted molar refractivity (Wildman–Crippen MR) is 68.2 cm³/mol. The van der Waals surface area contributed by atoms with Crippen molar-refractivity contribution in [3.8, 4) is 0 Å². The second-order valence-corrected chi connectivity index (χ2v) is 6.11. The fourth-order valence-electron chi connectivity index (χ4n) is 1.53. The zero-order chi connectivity index (χ0) is 10.7. The lowest BCUT2D eigenvalue weighted by Crippen LogP contribution is -2.10. The van der Waals surface area contributed by atoms with E-state index in [1.165, 1.54) is 17.7 Å². The number of hydrogen-bond acceptors (Lipinski definition) is 2. The van der Waals surface area contributed by atoms with Crippen molar-refractivity contribution in [1.29, 1.82) is 0 Å². The van der Waals surface area contributed by atoms with Crippen LogP contribution in [0.5, 0.6) is 0 Å². The number of aliphatic hydroxyl groups excluding tert-OH is 1. The first kappa shape index (κ1) is 11.5. The summed E-state index contributed by atoms with van der Waals surface area (Å²) in [4.78, 5) is 1.23. The highest BCUT2D eigenvalue weighted by molar-refractivity contribution is 9.10. The van der Waals surface area contributed by atoms with Gasteiger partial charge in [0.15, 0.2) is 0 Å². The SMILES string of the molecule is OC(CSc1ccc(Br)cc1)CC1CC1. The molecule has 1 unspecified atom stereocenters. The van der Waals surface area contributed by atoms with E-state index in [0.717, 1.165) is 22.6 Å². The van der Waals surface area contributed by atoms with Crippen LogP contribution in [-0.4, -0.2) is 17.0 Å². The van der Waals surface area contributed by atoms with Gasteiger partial charge in [-0.3, -0.25) is 0 Å². The van der Waals surface area contributed by atoms with Crippen molar-refractivity contribution < 1.29 is 5.11 Å². The molecule has 1 atom stereocenters. The highest BCUT2D eigenvalue weighted by Crippen LogP contribution is 2.34. The van der Waals surface area contributed by atoms with E-state index in [0.29, 0.717) is 0 Å². The van der Waals surface area contributed by atoms with Gasteiger partial charge in [0.25, 0.3) is 0 Å². The van der Waals surface area contributed by atoms with Crippen LogP contribution in [0, 0.1) is 5.92 Å². The summed E-state index contributed by atoms with van der Waals surface area (Å²) < 4.78 is 1.10. The molecule has 15 heavy (non-hydrogen) atoms. The minimum Gasteiger partial charge on any atom is -0.392 e. The lowest BCUT2D eigenvalue weighted by Gasteiger charge is -2.09. The van der Waals surface area contributed by atoms with Gasteiger partial charge in [-0.15, -0.1) is 11.8 Å². The highest BCUT2D eigenvalue weighted by atomic mass is 79.9. The molecule has 1 N–H and O–H groups in total. The van der Waals surface area contributed by atoms with Gasteiger partial charge < -0.3 is 5.11 Å². The first-order valence-corrected chi connectivity index (χ1v) is 7.08. The molecule has 0 aliphatic heterocycles. The van der Waals surface area contributed by atoms with E-state index in [9.17, 15) is 5.11 Å². The van der Waals surface area contributed by atoms with Crippen LogP contribution >= 0.6 is 27.7 Å². The molecule has 1 fully saturated rings. The Balaban J connectivity index is 1.74. The maximum Gasteiger partial charge on any atom is 0.0636 e. The Morgan fingerprint density at radius 3 is 2.60 bits per heavy atom. The van der Waals surface area contributed by atoms with Crippen molar-refractivity contribution in [3.63, 3.8) is 0 Å². The van der Waals surface area contributed by atoms with Gasteiger partial charge in [0.05, 0.1) is 6.10 Å². The van der Waals surface area contributed by atoms with Gasteiger partial charge in [0, 0.05) is 15.1 Å². The highest BCUT2D eigenvalue weighted by Gasteiger charge is 2.24. The van der Waals surface area contributed by atoms with Crippen LogP contribution in [0.1, 0.15) is 19.3 Å². The second-order valence-electron chi connectivity index (χ2n) is 4.10. The fourth-order valence-corrected chi connectivity index (χ4v) is 2.64. The van der Waals surface area contributed by atoms with Crippen LogP contribution in [0.3, 0.4) is 0 Å². The van der Waals surface area contributed by atoms with E-state index >= 15 is 0 Å². The molecule has 1 aromatic rings. The first-order valence-electron chi connectivity index (χ1n) is 5.30. The number of thioether (sulfide) groups is 1. The van der Waals surface area contributed by atoms with Crippen LogP contribution in [0.25, 0.3) is 0 Å². The van der Waals surface area contributed by atoms with Crippen LogP contribution in [0.15, 0.2) is 33.6 Å². The Morgan fingerprint density at radius 2 is 2.00 bits per heavy atom. The number of aliphatic hydroxyl groups is 1. The van der Waals surface area contributed by atoms with E-state index in [-0.39, 0.29) is 6.10 Å². The molecule has 0 saturated heterocycles. The first-order chi connectivity index (χ1) is 7.24. The maximum atomic E-state index is 9.75. The van der Waals surface area contributed by atoms with Crippen molar-refractivity contribution in [1.82, 2.24) is 0 Å². The van der Waals surface area contributed by atoms with Crippen LogP contribution in [0.2, 0.25) is 0 Å². The van der Waals surface area contributed by atoms with Gasteiger partial charge in [0.2, 0.25) is 0 Å². The van der Waals surface area contributed by atoms with Gasteiger partial charge in [0.1, 0.15) is 0 Å². The summed E-state index contributed by atoms with van der Waals surface area (Å²) in [5, 5.41) is 9.75. The fraction of sp³-hybridized carbons (Fsp3) is 0.500. The smallest absolute Gasteiger partial charge is 0.0636 e. The summed E-state index contributed by atoms with van der Waals surface area (Å²) in [5.74, 6) is 1.63. The second kappa shape index (κ2) is 5.37. The molecule has 3 heteroatoms. The molecule has 82 valence electrons. The molecule has 1 aliphatic rings. The van der Waals surface area contributed by atoms with Crippen molar-refractivity contribution in [2.45, 2.75) is 30.3 Å². The van der Waals surface area contributed by atoms with Gasteiger partial charge in [-0.05, 0) is 36.6 Å². The third kappa shape index (κ3) is 4.17. The molecule has 0 radical (unpaired) electrons. The molecule has 0 spiro atoms. The third-order valence-corrected chi connectivity index (χ3v) is 4.24. The Hall–Kier alpha value is 0.01000. The Morgan fingerprint density at radius 1 is 1.33 bits per heavy atom. The lowest BCUT2D eigenvalue weighted by atomic mass is 10.2. The third-order valence-electron chi connectivity index (χ3n) is 2.56. The summed E-state index contributed by atoms with van der Waals surface area (Å²) in [6.07, 6.45) is 3.50. The van der Waals surface area contributed by atoms with Gasteiger partial charge in [-0.1, -0.05) is 28.8 Å². The molecule has 0 amide bonds. The van der Waals surface area contributed by atoms with E-state index in [4.69, 9.17) is 0 Å². The van der Waals surface area contributed by atoms with E-state index in [2.05, 4.69) is 28.1 Å². The molecule has 1 saturated carbocycles. The van der Waals surface area contributed by atoms with Crippen molar-refractivity contribution in [3.05, 3.63) is 28.7 Å². The zero-order valence-electron chi connectivity index (χ0n) is 8.53. The molecular formula is C12H15BrOS. The zero-order valence-corrected chi connectivity index (χ0v) is 10.9. The molecule has 0 heterocycles. The van der Waals surface area contributed by atoms with E-state index in [1.807, 2.05) is 12.1 Å². The van der Waals surface area contributed by atoms with E-state index in [1.54, 1.807) is 11.8 Å². The van der Waals surface area contributed by atoms with E-state index < -0.39 is 0 Å². The number of hydrogen-bond donors (Lipinski definition) is 1. The number of benzene rings is 1. The summed E-state index contributed by atoms with van der Waals surface area (Å²) in [6.45, 7) is 0. The van der Waals surface area contributed by atoms with Gasteiger partial charge in [-0.25, -0.2) is 0 Å². The molecule has 1 aliphatic carbocycles. The van der Waals surface area contributed by atoms with Crippen molar-refractivity contribution in [2.24, 2.45) is 5.92 Å². The monoisotopic (exact) mass is 286 g/mol. The topological polar surface area (TPSA) is 20.2 Å². The van der Waals surface area contributed by atoms with Crippen molar-refractivity contribution in [2.75, 3.05) is 5.75 Å². The van der Waals surface area contributed by atoms with Gasteiger partial charge in [-0.2, -0.15) is 0 Å². The molecular weight excluding hydrogens is 272 g/mol. The van der Waals surface area contributed by atoms with Crippen molar-refractivity contribution >= 4 is 27.7 Å². The van der Waals surface area contributed by atoms with Crippen LogP contribution in [0.4, 0.5) is 0 Å². The summed E-state index contributed by atoms with van der Waals surface area (Å²) in [6, 6.07) is 8.24. The average molecular weight is 287 g/mol. The minimum atomic E-state index is -0.133. The molecule has 1 nitrogen and oxygen atoms in total. The normalized spacial score (nSPS) is 17.7. The van der Waals surface area contributed by atoms with Crippen LogP contribution in [-0.2, 0) is 0 Å². The largest absolute Gasteiger partial charge is 0.392 e. The molecule has 1 aromatic carbocycles. The molecule has 0 bridgehead atoms. The minimum absolute atomic E-state index is 0.133. The predicted octanol–water partition coefficient (Wildman–Crippen LogP) is 3.70. The Labute approximate surface area is 103 Å². The summed E-state index contributed by atoms with van der Waals surface area (Å²) in [7, 11) is 0. The van der Waals surface area contributed by atoms with Gasteiger partial charge >= 0.3 is 0 Å². The van der Waals surface area contributed by atoms with Crippen LogP contribution < -0.4 is 0 Å². The molecule has 2 rings (SSSR count). The number of halogens is 1. The maximum absolute atomic E-state index is 9.75. The average Bonchev–Trinajstić information content (AvgIpc) is 3.01. The Bertz CT molecular complexity index is 308. The standard InChI is InChI=1S/C12H15BrOS/c13-10-3-5-12(6-4-10)15-8-11(14)7-9-1-2-9/h3-6,9,11,14H,1-2,7-8H2. The summed E-state index contributed by atoms with van der Waals surface area (Å²) in [5.41, 5.74) is 0. The quantitative estimate of drug-likeness (QED) is 0.833.